The summed E-state index contributed by atoms with van der Waals surface area (Å²) < 4.78 is 11.7. The highest BCUT2D eigenvalue weighted by atomic mass is 16.5. The second kappa shape index (κ2) is 3.82. The molecule has 0 radical (unpaired) electrons. The van der Waals surface area contributed by atoms with Crippen molar-refractivity contribution in [1.82, 2.24) is 0 Å². The Morgan fingerprint density at radius 1 is 0.810 bits per heavy atom. The number of hydrogen-bond donors (Lipinski definition) is 0. The van der Waals surface area contributed by atoms with Crippen LogP contribution in [0.2, 0.25) is 0 Å². The van der Waals surface area contributed by atoms with E-state index in [1.54, 1.807) is 14.2 Å². The van der Waals surface area contributed by atoms with Gasteiger partial charge in [-0.15, -0.1) is 0 Å². The first-order chi connectivity index (χ1) is 10.3. The minimum absolute atomic E-state index is 0.642. The Labute approximate surface area is 124 Å². The van der Waals surface area contributed by atoms with Crippen LogP contribution in [0.1, 0.15) is 29.4 Å². The molecule has 3 aliphatic rings. The minimum atomic E-state index is 0.642. The maximum absolute atomic E-state index is 5.83. The van der Waals surface area contributed by atoms with Crippen molar-refractivity contribution in [1.29, 1.82) is 0 Å². The van der Waals surface area contributed by atoms with Gasteiger partial charge in [0.25, 0.3) is 0 Å². The molecular formula is C19H18O2. The molecule has 4 unspecified atom stereocenters. The molecule has 21 heavy (non-hydrogen) atoms. The summed E-state index contributed by atoms with van der Waals surface area (Å²) in [5.41, 5.74) is 2.82. The molecule has 0 amide bonds. The van der Waals surface area contributed by atoms with E-state index in [4.69, 9.17) is 9.47 Å². The van der Waals surface area contributed by atoms with Gasteiger partial charge in [0.15, 0.2) is 0 Å². The summed E-state index contributed by atoms with van der Waals surface area (Å²) in [7, 11) is 3.59. The first kappa shape index (κ1) is 11.7. The molecule has 0 heterocycles. The summed E-state index contributed by atoms with van der Waals surface area (Å²) in [4.78, 5) is 0. The van der Waals surface area contributed by atoms with E-state index >= 15 is 0 Å². The lowest BCUT2D eigenvalue weighted by molar-refractivity contribution is 0.351. The number of fused-ring (bicyclic) bond motifs is 9. The molecule has 2 nitrogen and oxygen atoms in total. The van der Waals surface area contributed by atoms with Crippen LogP contribution in [0.15, 0.2) is 36.4 Å². The van der Waals surface area contributed by atoms with Gasteiger partial charge >= 0.3 is 0 Å². The van der Waals surface area contributed by atoms with Crippen molar-refractivity contribution in [3.05, 3.63) is 47.5 Å². The van der Waals surface area contributed by atoms with Crippen LogP contribution in [-0.4, -0.2) is 14.2 Å². The van der Waals surface area contributed by atoms with Crippen molar-refractivity contribution in [3.8, 4) is 11.5 Å². The fraction of sp³-hybridized carbons (Fsp3) is 0.368. The summed E-state index contributed by atoms with van der Waals surface area (Å²) in [5.74, 6) is 4.83. The fourth-order valence-electron chi connectivity index (χ4n) is 5.03. The van der Waals surface area contributed by atoms with Gasteiger partial charge in [-0.25, -0.2) is 0 Å². The van der Waals surface area contributed by atoms with Crippen molar-refractivity contribution >= 4 is 10.8 Å². The van der Waals surface area contributed by atoms with Gasteiger partial charge < -0.3 is 9.47 Å². The van der Waals surface area contributed by atoms with Gasteiger partial charge in [0.1, 0.15) is 11.5 Å². The predicted molar refractivity (Wildman–Crippen MR) is 83.3 cm³/mol. The molecule has 106 valence electrons. The summed E-state index contributed by atoms with van der Waals surface area (Å²) in [6.45, 7) is 0. The number of methoxy groups -OCH3 is 2. The van der Waals surface area contributed by atoms with Crippen molar-refractivity contribution < 1.29 is 9.47 Å². The third-order valence-electron chi connectivity index (χ3n) is 5.73. The highest BCUT2D eigenvalue weighted by Gasteiger charge is 2.56. The second-order valence-corrected chi connectivity index (χ2v) is 6.44. The molecule has 2 bridgehead atoms. The van der Waals surface area contributed by atoms with Crippen molar-refractivity contribution in [3.63, 3.8) is 0 Å². The first-order valence-corrected chi connectivity index (χ1v) is 7.70. The lowest BCUT2D eigenvalue weighted by Gasteiger charge is -2.43. The zero-order valence-corrected chi connectivity index (χ0v) is 12.3. The Hall–Kier alpha value is -1.96. The molecule has 2 heteroatoms. The van der Waals surface area contributed by atoms with E-state index in [0.717, 1.165) is 11.5 Å². The van der Waals surface area contributed by atoms with E-state index in [0.29, 0.717) is 23.7 Å². The summed E-state index contributed by atoms with van der Waals surface area (Å²) in [5, 5.41) is 2.36. The number of rotatable bonds is 2. The molecule has 1 fully saturated rings. The molecular weight excluding hydrogens is 260 g/mol. The largest absolute Gasteiger partial charge is 0.496 e. The van der Waals surface area contributed by atoms with Crippen LogP contribution < -0.4 is 9.47 Å². The Kier molecular flexibility index (Phi) is 2.12. The van der Waals surface area contributed by atoms with E-state index in [9.17, 15) is 0 Å². The minimum Gasteiger partial charge on any atom is -0.496 e. The van der Waals surface area contributed by atoms with Crippen LogP contribution in [0.3, 0.4) is 0 Å². The third kappa shape index (κ3) is 1.21. The Bertz CT molecular complexity index is 725. The van der Waals surface area contributed by atoms with Crippen molar-refractivity contribution in [2.75, 3.05) is 14.2 Å². The average molecular weight is 278 g/mol. The fourth-order valence-corrected chi connectivity index (χ4v) is 5.03. The molecule has 3 aliphatic carbocycles. The quantitative estimate of drug-likeness (QED) is 0.765. The molecule has 4 atom stereocenters. The average Bonchev–Trinajstić information content (AvgIpc) is 3.08. The monoisotopic (exact) mass is 278 g/mol. The number of benzene rings is 2. The van der Waals surface area contributed by atoms with Crippen LogP contribution >= 0.6 is 0 Å². The Balaban J connectivity index is 1.88. The lowest BCUT2D eigenvalue weighted by Crippen LogP contribution is -2.29. The smallest absolute Gasteiger partial charge is 0.130 e. The van der Waals surface area contributed by atoms with E-state index in [1.165, 1.54) is 28.3 Å². The van der Waals surface area contributed by atoms with Gasteiger partial charge in [0.05, 0.1) is 14.2 Å². The molecule has 0 aromatic heterocycles. The Morgan fingerprint density at radius 2 is 1.29 bits per heavy atom. The standard InChI is InChI=1S/C19H18O2/c1-20-18-12-5-3-4-6-13(12)19(21-2)17-15-11-8-7-10(9-11)14(15)16(17)18/h3-8,10-11,14-15H,9H2,1-2H3. The molecule has 0 N–H and O–H groups in total. The topological polar surface area (TPSA) is 18.5 Å². The van der Waals surface area contributed by atoms with Gasteiger partial charge in [-0.1, -0.05) is 36.4 Å². The van der Waals surface area contributed by atoms with Crippen LogP contribution in [-0.2, 0) is 0 Å². The summed E-state index contributed by atoms with van der Waals surface area (Å²) in [6, 6.07) is 8.45. The van der Waals surface area contributed by atoms with Gasteiger partial charge in [0.2, 0.25) is 0 Å². The molecule has 5 rings (SSSR count). The SMILES string of the molecule is COc1c2c(c(OC)c3ccccc13)C1C3C=CC(C3)C21. The van der Waals surface area contributed by atoms with E-state index < -0.39 is 0 Å². The molecule has 2 aromatic rings. The van der Waals surface area contributed by atoms with Gasteiger partial charge in [-0.05, 0) is 18.3 Å². The van der Waals surface area contributed by atoms with Crippen molar-refractivity contribution in [2.24, 2.45) is 11.8 Å². The van der Waals surface area contributed by atoms with Crippen molar-refractivity contribution in [2.45, 2.75) is 18.3 Å². The summed E-state index contributed by atoms with van der Waals surface area (Å²) >= 11 is 0. The maximum atomic E-state index is 5.83. The molecule has 0 aliphatic heterocycles. The van der Waals surface area contributed by atoms with Crippen LogP contribution in [0.4, 0.5) is 0 Å². The maximum Gasteiger partial charge on any atom is 0.130 e. The Morgan fingerprint density at radius 3 is 1.71 bits per heavy atom. The van der Waals surface area contributed by atoms with Gasteiger partial charge in [-0.2, -0.15) is 0 Å². The highest BCUT2D eigenvalue weighted by Crippen LogP contribution is 2.70. The second-order valence-electron chi connectivity index (χ2n) is 6.44. The molecule has 0 spiro atoms. The molecule has 0 saturated heterocycles. The third-order valence-corrected chi connectivity index (χ3v) is 5.73. The highest BCUT2D eigenvalue weighted by molar-refractivity contribution is 5.98. The van der Waals surface area contributed by atoms with E-state index in [2.05, 4.69) is 36.4 Å². The zero-order valence-electron chi connectivity index (χ0n) is 12.3. The number of ether oxygens (including phenoxy) is 2. The lowest BCUT2D eigenvalue weighted by atomic mass is 9.62. The van der Waals surface area contributed by atoms with E-state index in [-0.39, 0.29) is 0 Å². The van der Waals surface area contributed by atoms with Gasteiger partial charge in [-0.3, -0.25) is 0 Å². The van der Waals surface area contributed by atoms with Crippen LogP contribution in [0.5, 0.6) is 11.5 Å². The first-order valence-electron chi connectivity index (χ1n) is 7.70. The number of hydrogen-bond acceptors (Lipinski definition) is 2. The van der Waals surface area contributed by atoms with Crippen LogP contribution in [0.25, 0.3) is 10.8 Å². The normalized spacial score (nSPS) is 31.0. The molecule has 1 saturated carbocycles. The van der Waals surface area contributed by atoms with E-state index in [1.807, 2.05) is 0 Å². The van der Waals surface area contributed by atoms with Gasteiger partial charge in [0, 0.05) is 33.7 Å². The molecule has 2 aromatic carbocycles. The number of allylic oxidation sites excluding steroid dienone is 2. The predicted octanol–water partition coefficient (Wildman–Crippen LogP) is 4.24. The zero-order chi connectivity index (χ0) is 14.1. The van der Waals surface area contributed by atoms with Crippen LogP contribution in [0, 0.1) is 11.8 Å². The summed E-state index contributed by atoms with van der Waals surface area (Å²) in [6.07, 6.45) is 6.12.